The first-order chi connectivity index (χ1) is 16.3. The number of nitrogens with one attached hydrogen (secondary N) is 5. The van der Waals surface area contributed by atoms with Gasteiger partial charge >= 0.3 is 12.0 Å². The van der Waals surface area contributed by atoms with Crippen LogP contribution in [0.25, 0.3) is 0 Å². The smallest absolute Gasteiger partial charge is 0.326 e. The number of hydrogen-bond acceptors (Lipinski definition) is 5. The molecule has 0 bridgehead atoms. The first kappa shape index (κ1) is 29.7. The zero-order chi connectivity index (χ0) is 26.7. The van der Waals surface area contributed by atoms with E-state index in [1.54, 1.807) is 45.9 Å². The van der Waals surface area contributed by atoms with Crippen LogP contribution >= 0.6 is 0 Å². The maximum absolute atomic E-state index is 13.1. The van der Waals surface area contributed by atoms with Crippen molar-refractivity contribution in [3.63, 3.8) is 0 Å². The van der Waals surface area contributed by atoms with Crippen molar-refractivity contribution in [3.05, 3.63) is 24.3 Å². The van der Waals surface area contributed by atoms with Gasteiger partial charge in [-0.25, -0.2) is 9.59 Å². The Morgan fingerprint density at radius 3 is 2.11 bits per heavy atom. The van der Waals surface area contributed by atoms with Crippen LogP contribution in [0.2, 0.25) is 0 Å². The molecule has 0 fully saturated rings. The van der Waals surface area contributed by atoms with Crippen molar-refractivity contribution < 1.29 is 29.1 Å². The van der Waals surface area contributed by atoms with Gasteiger partial charge in [0, 0.05) is 18.7 Å². The molecule has 196 valence electrons. The maximum atomic E-state index is 13.1. The summed E-state index contributed by atoms with van der Waals surface area (Å²) in [6.07, 6.45) is 6.66. The molecule has 11 nitrogen and oxygen atoms in total. The normalized spacial score (nSPS) is 22.7. The molecule has 1 aliphatic rings. The van der Waals surface area contributed by atoms with E-state index in [1.165, 1.54) is 6.08 Å². The minimum absolute atomic E-state index is 0.0109. The van der Waals surface area contributed by atoms with E-state index in [4.69, 9.17) is 0 Å². The van der Waals surface area contributed by atoms with E-state index in [9.17, 15) is 29.1 Å². The van der Waals surface area contributed by atoms with Gasteiger partial charge in [-0.15, -0.1) is 0 Å². The molecule has 0 spiro atoms. The fourth-order valence-electron chi connectivity index (χ4n) is 3.27. The molecular weight excluding hydrogens is 454 g/mol. The van der Waals surface area contributed by atoms with Gasteiger partial charge in [0.1, 0.15) is 18.1 Å². The Kier molecular flexibility index (Phi) is 12.0. The summed E-state index contributed by atoms with van der Waals surface area (Å²) in [6, 6.07) is -4.37. The van der Waals surface area contributed by atoms with E-state index < -0.39 is 48.0 Å². The number of hydrogen-bond donors (Lipinski definition) is 6. The minimum Gasteiger partial charge on any atom is -0.480 e. The average molecular weight is 494 g/mol. The number of carbonyl (C=O) groups is 5. The number of carboxylic acids is 1. The number of carbonyl (C=O) groups excluding carboxylic acids is 4. The standard InChI is InChI=1S/C24H39N5O6/c1-13(2)16-10-11-18(30)25-12-8-7-9-17(21(31)26-16)27-22(32)19(14(3)4)28-24(35)29-20(15(5)6)23(33)34/h7,9-11,13-17,19-20H,8,12H2,1-6H3,(H,25,30)(H,26,31)(H,27,32)(H,33,34)(H2,28,29,35)/b9-7-,11-10-/t16-,17+,19+,20+/m1/s1. The summed E-state index contributed by atoms with van der Waals surface area (Å²) in [7, 11) is 0. The molecule has 4 atom stereocenters. The van der Waals surface area contributed by atoms with Crippen LogP contribution in [0.3, 0.4) is 0 Å². The fourth-order valence-corrected chi connectivity index (χ4v) is 3.27. The predicted octanol–water partition coefficient (Wildman–Crippen LogP) is 0.677. The van der Waals surface area contributed by atoms with E-state index >= 15 is 0 Å². The third kappa shape index (κ3) is 10.2. The lowest BCUT2D eigenvalue weighted by atomic mass is 10.0. The van der Waals surface area contributed by atoms with E-state index in [1.807, 2.05) is 13.8 Å². The van der Waals surface area contributed by atoms with Gasteiger partial charge in [-0.05, 0) is 24.2 Å². The van der Waals surface area contributed by atoms with E-state index in [-0.39, 0.29) is 23.7 Å². The molecule has 0 saturated carbocycles. The number of urea groups is 1. The molecule has 1 aliphatic heterocycles. The second-order valence-corrected chi connectivity index (χ2v) is 9.53. The molecule has 0 aromatic heterocycles. The number of amides is 5. The molecule has 35 heavy (non-hydrogen) atoms. The molecule has 6 N–H and O–H groups in total. The highest BCUT2D eigenvalue weighted by molar-refractivity contribution is 5.94. The van der Waals surface area contributed by atoms with Crippen molar-refractivity contribution in [3.8, 4) is 0 Å². The van der Waals surface area contributed by atoms with Crippen molar-refractivity contribution in [2.45, 2.75) is 72.1 Å². The van der Waals surface area contributed by atoms with E-state index in [2.05, 4.69) is 26.6 Å². The molecule has 0 aromatic carbocycles. The molecule has 0 aromatic rings. The lowest BCUT2D eigenvalue weighted by Crippen LogP contribution is -2.58. The van der Waals surface area contributed by atoms with Crippen LogP contribution in [0.1, 0.15) is 48.0 Å². The zero-order valence-electron chi connectivity index (χ0n) is 21.3. The van der Waals surface area contributed by atoms with Gasteiger partial charge in [0.25, 0.3) is 0 Å². The summed E-state index contributed by atoms with van der Waals surface area (Å²) in [6.45, 7) is 10.9. The molecular formula is C24H39N5O6. The number of aliphatic carboxylic acids is 1. The summed E-state index contributed by atoms with van der Waals surface area (Å²) in [5.74, 6) is -3.20. The minimum atomic E-state index is -1.18. The van der Waals surface area contributed by atoms with Crippen LogP contribution in [-0.2, 0) is 19.2 Å². The summed E-state index contributed by atoms with van der Waals surface area (Å²) in [5, 5.41) is 22.4. The summed E-state index contributed by atoms with van der Waals surface area (Å²) >= 11 is 0. The Morgan fingerprint density at radius 1 is 0.971 bits per heavy atom. The van der Waals surface area contributed by atoms with Crippen LogP contribution < -0.4 is 26.6 Å². The molecule has 0 unspecified atom stereocenters. The van der Waals surface area contributed by atoms with E-state index in [0.29, 0.717) is 13.0 Å². The second-order valence-electron chi connectivity index (χ2n) is 9.53. The third-order valence-electron chi connectivity index (χ3n) is 5.46. The van der Waals surface area contributed by atoms with Crippen LogP contribution in [0.4, 0.5) is 4.79 Å². The second kappa shape index (κ2) is 14.1. The molecule has 5 amide bonds. The van der Waals surface area contributed by atoms with Gasteiger partial charge in [-0.1, -0.05) is 59.8 Å². The highest BCUT2D eigenvalue weighted by Crippen LogP contribution is 2.08. The van der Waals surface area contributed by atoms with E-state index in [0.717, 1.165) is 0 Å². The summed E-state index contributed by atoms with van der Waals surface area (Å²) in [5.41, 5.74) is 0. The topological polar surface area (TPSA) is 166 Å². The lowest BCUT2D eigenvalue weighted by molar-refractivity contribution is -0.140. The third-order valence-corrected chi connectivity index (χ3v) is 5.46. The van der Waals surface area contributed by atoms with Crippen molar-refractivity contribution in [1.29, 1.82) is 0 Å². The molecule has 0 saturated heterocycles. The summed E-state index contributed by atoms with van der Waals surface area (Å²) < 4.78 is 0. The van der Waals surface area contributed by atoms with Crippen LogP contribution in [0, 0.1) is 17.8 Å². The first-order valence-electron chi connectivity index (χ1n) is 11.9. The van der Waals surface area contributed by atoms with Crippen molar-refractivity contribution in [2.75, 3.05) is 6.54 Å². The van der Waals surface area contributed by atoms with Crippen molar-refractivity contribution >= 4 is 29.7 Å². The Hall–Kier alpha value is -3.37. The zero-order valence-corrected chi connectivity index (χ0v) is 21.3. The monoisotopic (exact) mass is 493 g/mol. The van der Waals surface area contributed by atoms with Gasteiger partial charge in [0.15, 0.2) is 0 Å². The highest BCUT2D eigenvalue weighted by Gasteiger charge is 2.30. The maximum Gasteiger partial charge on any atom is 0.326 e. The molecule has 1 heterocycles. The van der Waals surface area contributed by atoms with Gasteiger partial charge in [0.05, 0.1) is 0 Å². The predicted molar refractivity (Wildman–Crippen MR) is 131 cm³/mol. The Labute approximate surface area is 206 Å². The van der Waals surface area contributed by atoms with Crippen molar-refractivity contribution in [1.82, 2.24) is 26.6 Å². The van der Waals surface area contributed by atoms with Gasteiger partial charge in [-0.3, -0.25) is 14.4 Å². The largest absolute Gasteiger partial charge is 0.480 e. The van der Waals surface area contributed by atoms with Crippen LogP contribution in [0.5, 0.6) is 0 Å². The lowest BCUT2D eigenvalue weighted by Gasteiger charge is -2.27. The SMILES string of the molecule is CC(C)[C@H](NC(=O)N[C@H](C(=O)N[C@H]1/C=C\CCNC(=O)/C=C\[C@H](C(C)C)NC1=O)C(C)C)C(=O)O. The fraction of sp³-hybridized carbons (Fsp3) is 0.625. The van der Waals surface area contributed by atoms with Gasteiger partial charge in [0.2, 0.25) is 17.7 Å². The Morgan fingerprint density at radius 2 is 1.57 bits per heavy atom. The Balaban J connectivity index is 3.01. The molecule has 11 heteroatoms. The average Bonchev–Trinajstić information content (AvgIpc) is 2.75. The van der Waals surface area contributed by atoms with Crippen molar-refractivity contribution in [2.24, 2.45) is 17.8 Å². The molecule has 0 aliphatic carbocycles. The first-order valence-corrected chi connectivity index (χ1v) is 11.9. The van der Waals surface area contributed by atoms with Gasteiger partial charge in [-0.2, -0.15) is 0 Å². The number of rotatable bonds is 8. The summed E-state index contributed by atoms with van der Waals surface area (Å²) in [4.78, 5) is 61.7. The molecule has 0 radical (unpaired) electrons. The van der Waals surface area contributed by atoms with Crippen LogP contribution in [0.15, 0.2) is 24.3 Å². The quantitative estimate of drug-likeness (QED) is 0.272. The highest BCUT2D eigenvalue weighted by atomic mass is 16.4. The number of carboxylic acid groups (broad SMARTS) is 1. The van der Waals surface area contributed by atoms with Crippen LogP contribution in [-0.4, -0.2) is 65.5 Å². The Bertz CT molecular complexity index is 836. The van der Waals surface area contributed by atoms with Gasteiger partial charge < -0.3 is 31.7 Å². The molecule has 1 rings (SSSR count).